The van der Waals surface area contributed by atoms with Gasteiger partial charge in [0.1, 0.15) is 11.5 Å². The van der Waals surface area contributed by atoms with Crippen molar-refractivity contribution in [3.63, 3.8) is 0 Å². The van der Waals surface area contributed by atoms with Crippen molar-refractivity contribution in [2.75, 3.05) is 14.2 Å². The first-order chi connectivity index (χ1) is 8.49. The van der Waals surface area contributed by atoms with Crippen molar-refractivity contribution >= 4 is 5.97 Å². The van der Waals surface area contributed by atoms with E-state index < -0.39 is 12.1 Å². The van der Waals surface area contributed by atoms with Gasteiger partial charge in [0.15, 0.2) is 6.10 Å². The Morgan fingerprint density at radius 1 is 1.22 bits per heavy atom. The first-order valence-electron chi connectivity index (χ1n) is 5.60. The highest BCUT2D eigenvalue weighted by molar-refractivity contribution is 5.77. The fraction of sp³-hybridized carbons (Fsp3) is 0.462. The Labute approximate surface area is 106 Å². The molecule has 1 aromatic carbocycles. The second-order valence-electron chi connectivity index (χ2n) is 4.00. The largest absolute Gasteiger partial charge is 0.497 e. The van der Waals surface area contributed by atoms with Gasteiger partial charge in [-0.3, -0.25) is 0 Å². The average Bonchev–Trinajstić information content (AvgIpc) is 2.36. The smallest absolute Gasteiger partial charge is 0.340 e. The first kappa shape index (κ1) is 14.3. The number of carbonyl (C=O) groups excluding carboxylic acids is 1. The number of hydrogen-bond donors (Lipinski definition) is 1. The highest BCUT2D eigenvalue weighted by atomic mass is 16.6. The number of rotatable bonds is 5. The summed E-state index contributed by atoms with van der Waals surface area (Å²) in [6, 6.07) is 4.81. The maximum atomic E-state index is 11.6. The van der Waals surface area contributed by atoms with E-state index in [-0.39, 0.29) is 6.10 Å². The summed E-state index contributed by atoms with van der Waals surface area (Å²) in [7, 11) is 2.98. The lowest BCUT2D eigenvalue weighted by atomic mass is 10.1. The molecule has 0 aliphatic heterocycles. The van der Waals surface area contributed by atoms with Gasteiger partial charge >= 0.3 is 5.97 Å². The lowest BCUT2D eigenvalue weighted by Gasteiger charge is -2.16. The van der Waals surface area contributed by atoms with Gasteiger partial charge in [-0.25, -0.2) is 4.79 Å². The molecule has 1 rings (SSSR count). The highest BCUT2D eigenvalue weighted by Crippen LogP contribution is 2.30. The van der Waals surface area contributed by atoms with Crippen LogP contribution in [0.3, 0.4) is 0 Å². The normalized spacial score (nSPS) is 12.1. The number of benzene rings is 1. The molecule has 1 N–H and O–H groups in total. The van der Waals surface area contributed by atoms with E-state index in [0.29, 0.717) is 17.1 Å². The Morgan fingerprint density at radius 2 is 1.89 bits per heavy atom. The van der Waals surface area contributed by atoms with Crippen molar-refractivity contribution in [2.45, 2.75) is 26.1 Å². The van der Waals surface area contributed by atoms with Gasteiger partial charge in [-0.15, -0.1) is 0 Å². The van der Waals surface area contributed by atoms with Crippen LogP contribution in [0.2, 0.25) is 0 Å². The minimum Gasteiger partial charge on any atom is -0.497 e. The summed E-state index contributed by atoms with van der Waals surface area (Å²) in [5, 5.41) is 9.92. The lowest BCUT2D eigenvalue weighted by Crippen LogP contribution is -2.19. The Morgan fingerprint density at radius 3 is 2.39 bits per heavy atom. The zero-order valence-corrected chi connectivity index (χ0v) is 11.0. The number of ether oxygens (including phenoxy) is 3. The third kappa shape index (κ3) is 3.37. The Bertz CT molecular complexity index is 414. The number of hydrogen-bond acceptors (Lipinski definition) is 5. The molecule has 0 aliphatic carbocycles. The van der Waals surface area contributed by atoms with Gasteiger partial charge in [-0.1, -0.05) is 0 Å². The quantitative estimate of drug-likeness (QED) is 0.810. The van der Waals surface area contributed by atoms with Crippen LogP contribution in [0.1, 0.15) is 25.5 Å². The SMILES string of the molecule is COc1ccc([C@H](O)C(=O)OC(C)C)c(OC)c1. The van der Waals surface area contributed by atoms with E-state index in [1.807, 2.05) is 0 Å². The monoisotopic (exact) mass is 254 g/mol. The lowest BCUT2D eigenvalue weighted by molar-refractivity contribution is -0.157. The Kier molecular flexibility index (Phi) is 4.97. The molecule has 18 heavy (non-hydrogen) atoms. The topological polar surface area (TPSA) is 65.0 Å². The van der Waals surface area contributed by atoms with Crippen LogP contribution in [0, 0.1) is 0 Å². The molecule has 0 fully saturated rings. The number of aliphatic hydroxyl groups is 1. The molecule has 5 heteroatoms. The molecule has 0 amide bonds. The Hall–Kier alpha value is -1.75. The third-order valence-corrected chi connectivity index (χ3v) is 2.31. The molecule has 0 spiro atoms. The molecule has 1 aromatic rings. The minimum atomic E-state index is -1.37. The van der Waals surface area contributed by atoms with Crippen LogP contribution >= 0.6 is 0 Å². The zero-order chi connectivity index (χ0) is 13.7. The summed E-state index contributed by atoms with van der Waals surface area (Å²) < 4.78 is 15.1. The van der Waals surface area contributed by atoms with E-state index in [0.717, 1.165) is 0 Å². The van der Waals surface area contributed by atoms with Crippen molar-refractivity contribution in [1.29, 1.82) is 0 Å². The molecule has 0 saturated carbocycles. The Balaban J connectivity index is 2.97. The molecule has 0 saturated heterocycles. The van der Waals surface area contributed by atoms with Gasteiger partial charge in [-0.2, -0.15) is 0 Å². The van der Waals surface area contributed by atoms with Gasteiger partial charge in [0.25, 0.3) is 0 Å². The second kappa shape index (κ2) is 6.26. The minimum absolute atomic E-state index is 0.281. The number of aliphatic hydroxyl groups excluding tert-OH is 1. The molecule has 5 nitrogen and oxygen atoms in total. The molecule has 0 aromatic heterocycles. The molecule has 0 bridgehead atoms. The molecular formula is C13H18O5. The molecule has 0 aliphatic rings. The van der Waals surface area contributed by atoms with Crippen molar-refractivity contribution < 1.29 is 24.1 Å². The summed E-state index contributed by atoms with van der Waals surface area (Å²) in [5.41, 5.74) is 0.351. The van der Waals surface area contributed by atoms with Crippen molar-refractivity contribution in [3.05, 3.63) is 23.8 Å². The van der Waals surface area contributed by atoms with Crippen LogP contribution in [0.5, 0.6) is 11.5 Å². The van der Waals surface area contributed by atoms with Gasteiger partial charge in [0, 0.05) is 11.6 Å². The van der Waals surface area contributed by atoms with Crippen molar-refractivity contribution in [2.24, 2.45) is 0 Å². The highest BCUT2D eigenvalue weighted by Gasteiger charge is 2.23. The fourth-order valence-electron chi connectivity index (χ4n) is 1.47. The fourth-order valence-corrected chi connectivity index (χ4v) is 1.47. The van der Waals surface area contributed by atoms with E-state index in [1.165, 1.54) is 14.2 Å². The molecular weight excluding hydrogens is 236 g/mol. The number of carbonyl (C=O) groups is 1. The number of esters is 1. The van der Waals surface area contributed by atoms with Gasteiger partial charge in [-0.05, 0) is 26.0 Å². The predicted molar refractivity (Wildman–Crippen MR) is 65.7 cm³/mol. The third-order valence-electron chi connectivity index (χ3n) is 2.31. The maximum Gasteiger partial charge on any atom is 0.340 e. The zero-order valence-electron chi connectivity index (χ0n) is 11.0. The predicted octanol–water partition coefficient (Wildman–Crippen LogP) is 1.69. The van der Waals surface area contributed by atoms with Crippen LogP contribution in [-0.4, -0.2) is 31.4 Å². The molecule has 0 unspecified atom stereocenters. The van der Waals surface area contributed by atoms with Gasteiger partial charge in [0.2, 0.25) is 0 Å². The van der Waals surface area contributed by atoms with Gasteiger partial charge < -0.3 is 19.3 Å². The molecule has 0 heterocycles. The van der Waals surface area contributed by atoms with E-state index in [2.05, 4.69) is 0 Å². The summed E-state index contributed by atoms with van der Waals surface area (Å²) in [4.78, 5) is 11.6. The van der Waals surface area contributed by atoms with Crippen molar-refractivity contribution in [3.8, 4) is 11.5 Å². The molecule has 100 valence electrons. The summed E-state index contributed by atoms with van der Waals surface area (Å²) in [6.45, 7) is 3.44. The van der Waals surface area contributed by atoms with Crippen LogP contribution in [-0.2, 0) is 9.53 Å². The van der Waals surface area contributed by atoms with E-state index in [1.54, 1.807) is 32.0 Å². The average molecular weight is 254 g/mol. The van der Waals surface area contributed by atoms with Gasteiger partial charge in [0.05, 0.1) is 20.3 Å². The summed E-state index contributed by atoms with van der Waals surface area (Å²) >= 11 is 0. The standard InChI is InChI=1S/C13H18O5/c1-8(2)18-13(15)12(14)10-6-5-9(16-3)7-11(10)17-4/h5-8,12,14H,1-4H3/t12-/m0/s1. The van der Waals surface area contributed by atoms with E-state index in [4.69, 9.17) is 14.2 Å². The first-order valence-corrected chi connectivity index (χ1v) is 5.60. The number of methoxy groups -OCH3 is 2. The van der Waals surface area contributed by atoms with Crippen LogP contribution in [0.25, 0.3) is 0 Å². The molecule has 1 atom stereocenters. The molecule has 0 radical (unpaired) electrons. The second-order valence-corrected chi connectivity index (χ2v) is 4.00. The van der Waals surface area contributed by atoms with E-state index >= 15 is 0 Å². The van der Waals surface area contributed by atoms with Crippen LogP contribution in [0.4, 0.5) is 0 Å². The summed E-state index contributed by atoms with van der Waals surface area (Å²) in [6.07, 6.45) is -1.65. The van der Waals surface area contributed by atoms with Crippen molar-refractivity contribution in [1.82, 2.24) is 0 Å². The summed E-state index contributed by atoms with van der Waals surface area (Å²) in [5.74, 6) is 0.260. The van der Waals surface area contributed by atoms with Crippen LogP contribution in [0.15, 0.2) is 18.2 Å². The maximum absolute atomic E-state index is 11.6. The van der Waals surface area contributed by atoms with E-state index in [9.17, 15) is 9.90 Å². The van der Waals surface area contributed by atoms with Crippen LogP contribution < -0.4 is 9.47 Å².